The van der Waals surface area contributed by atoms with Crippen molar-refractivity contribution in [3.63, 3.8) is 0 Å². The molecule has 0 bridgehead atoms. The first-order chi connectivity index (χ1) is 12.8. The molecule has 0 radical (unpaired) electrons. The molecule has 0 saturated carbocycles. The van der Waals surface area contributed by atoms with E-state index < -0.39 is 0 Å². The quantitative estimate of drug-likeness (QED) is 0.469. The first-order valence-corrected chi connectivity index (χ1v) is 9.37. The Morgan fingerprint density at radius 2 is 2.27 bits per heavy atom. The van der Waals surface area contributed by atoms with E-state index in [-0.39, 0.29) is 0 Å². The van der Waals surface area contributed by atoms with Gasteiger partial charge in [-0.2, -0.15) is 9.36 Å². The number of H-pyrrole nitrogens is 1. The maximum Gasteiger partial charge on any atom is 0.248 e. The van der Waals surface area contributed by atoms with Gasteiger partial charge in [0.25, 0.3) is 0 Å². The smallest absolute Gasteiger partial charge is 0.248 e. The molecule has 4 aromatic rings. The highest BCUT2D eigenvalue weighted by molar-refractivity contribution is 7.09. The predicted octanol–water partition coefficient (Wildman–Crippen LogP) is 2.82. The van der Waals surface area contributed by atoms with Gasteiger partial charge in [-0.15, -0.1) is 0 Å². The highest BCUT2D eigenvalue weighted by Crippen LogP contribution is 2.18. The minimum atomic E-state index is 0.674. The van der Waals surface area contributed by atoms with Gasteiger partial charge < -0.3 is 15.2 Å². The van der Waals surface area contributed by atoms with Crippen LogP contribution in [0.1, 0.15) is 12.0 Å². The zero-order chi connectivity index (χ0) is 17.8. The number of imidazole rings is 1. The third-order valence-electron chi connectivity index (χ3n) is 4.26. The van der Waals surface area contributed by atoms with Gasteiger partial charge in [-0.1, -0.05) is 6.07 Å². The summed E-state index contributed by atoms with van der Waals surface area (Å²) in [5.41, 5.74) is 2.49. The maximum atomic E-state index is 4.56. The summed E-state index contributed by atoms with van der Waals surface area (Å²) in [6.45, 7) is 2.78. The van der Waals surface area contributed by atoms with E-state index in [9.17, 15) is 0 Å². The summed E-state index contributed by atoms with van der Waals surface area (Å²) >= 11 is 1.41. The summed E-state index contributed by atoms with van der Waals surface area (Å²) in [5.74, 6) is 0.674. The molecule has 1 aromatic carbocycles. The van der Waals surface area contributed by atoms with E-state index in [1.54, 1.807) is 12.5 Å². The number of nitrogens with zero attached hydrogens (tertiary/aromatic N) is 5. The van der Waals surface area contributed by atoms with E-state index in [0.717, 1.165) is 31.2 Å². The van der Waals surface area contributed by atoms with E-state index in [4.69, 9.17) is 0 Å². The van der Waals surface area contributed by atoms with E-state index in [1.165, 1.54) is 28.0 Å². The van der Waals surface area contributed by atoms with Gasteiger partial charge in [0, 0.05) is 55.8 Å². The van der Waals surface area contributed by atoms with Crippen molar-refractivity contribution in [1.29, 1.82) is 0 Å². The lowest BCUT2D eigenvalue weighted by molar-refractivity contribution is 0.646. The molecule has 0 aliphatic rings. The van der Waals surface area contributed by atoms with Crippen molar-refractivity contribution < 1.29 is 0 Å². The van der Waals surface area contributed by atoms with Crippen LogP contribution >= 0.6 is 11.5 Å². The monoisotopic (exact) mass is 367 g/mol. The summed E-state index contributed by atoms with van der Waals surface area (Å²) in [5, 5.41) is 5.69. The van der Waals surface area contributed by atoms with Crippen LogP contribution in [0, 0.1) is 0 Å². The number of benzene rings is 1. The van der Waals surface area contributed by atoms with E-state index >= 15 is 0 Å². The SMILES string of the molecule is CN(CCCNCc1ccc2[nH]ccc2c1)c1nc(-n2ccnc2)ns1. The number of hydrogen-bond donors (Lipinski definition) is 2. The third kappa shape index (κ3) is 3.76. The van der Waals surface area contributed by atoms with Crippen molar-refractivity contribution in [2.45, 2.75) is 13.0 Å². The van der Waals surface area contributed by atoms with Crippen LogP contribution in [0.25, 0.3) is 16.9 Å². The molecule has 2 N–H and O–H groups in total. The number of anilines is 1. The average molecular weight is 367 g/mol. The zero-order valence-corrected chi connectivity index (χ0v) is 15.4. The molecule has 0 aliphatic heterocycles. The number of hydrogen-bond acceptors (Lipinski definition) is 6. The molecule has 0 unspecified atom stereocenters. The molecule has 0 amide bonds. The molecule has 7 nitrogen and oxygen atoms in total. The third-order valence-corrected chi connectivity index (χ3v) is 5.08. The Hall–Kier alpha value is -2.71. The molecule has 134 valence electrons. The van der Waals surface area contributed by atoms with Crippen LogP contribution in [0.15, 0.2) is 49.2 Å². The second kappa shape index (κ2) is 7.67. The summed E-state index contributed by atoms with van der Waals surface area (Å²) < 4.78 is 6.19. The van der Waals surface area contributed by atoms with E-state index in [1.807, 2.05) is 17.0 Å². The van der Waals surface area contributed by atoms with Gasteiger partial charge >= 0.3 is 0 Å². The highest BCUT2D eigenvalue weighted by atomic mass is 32.1. The van der Waals surface area contributed by atoms with Gasteiger partial charge in [0.1, 0.15) is 6.33 Å². The molecule has 0 aliphatic carbocycles. The van der Waals surface area contributed by atoms with Crippen molar-refractivity contribution >= 4 is 27.6 Å². The Kier molecular flexibility index (Phi) is 4.94. The average Bonchev–Trinajstić information content (AvgIpc) is 3.41. The van der Waals surface area contributed by atoms with Gasteiger partial charge in [0.05, 0.1) is 0 Å². The number of aromatic amines is 1. The lowest BCUT2D eigenvalue weighted by Gasteiger charge is -2.15. The van der Waals surface area contributed by atoms with Gasteiger partial charge in [0.2, 0.25) is 11.1 Å². The predicted molar refractivity (Wildman–Crippen MR) is 105 cm³/mol. The molecule has 8 heteroatoms. The van der Waals surface area contributed by atoms with Crippen LogP contribution in [0.3, 0.4) is 0 Å². The second-order valence-electron chi connectivity index (χ2n) is 6.20. The number of nitrogens with one attached hydrogen (secondary N) is 2. The number of rotatable bonds is 8. The summed E-state index contributed by atoms with van der Waals surface area (Å²) in [6, 6.07) is 8.63. The molecular weight excluding hydrogens is 346 g/mol. The second-order valence-corrected chi connectivity index (χ2v) is 6.93. The lowest BCUT2D eigenvalue weighted by atomic mass is 10.1. The van der Waals surface area contributed by atoms with Crippen LogP contribution in [0.2, 0.25) is 0 Å². The summed E-state index contributed by atoms with van der Waals surface area (Å²) in [4.78, 5) is 13.9. The molecular formula is C18H21N7S. The van der Waals surface area contributed by atoms with E-state index in [0.29, 0.717) is 5.95 Å². The van der Waals surface area contributed by atoms with Crippen molar-refractivity contribution in [2.24, 2.45) is 0 Å². The Labute approximate surface area is 155 Å². The van der Waals surface area contributed by atoms with Gasteiger partial charge in [-0.3, -0.25) is 4.57 Å². The minimum Gasteiger partial charge on any atom is -0.361 e. The van der Waals surface area contributed by atoms with E-state index in [2.05, 4.69) is 60.9 Å². The van der Waals surface area contributed by atoms with Crippen LogP contribution in [-0.2, 0) is 6.54 Å². The zero-order valence-electron chi connectivity index (χ0n) is 14.6. The Morgan fingerprint density at radius 3 is 3.15 bits per heavy atom. The summed E-state index contributed by atoms with van der Waals surface area (Å²) in [6.07, 6.45) is 8.30. The standard InChI is InChI=1S/C18H21N7S/c1-24(18-22-17(23-26-18)25-10-8-20-13-25)9-2-6-19-12-14-3-4-16-15(11-14)5-7-21-16/h3-5,7-8,10-11,13,19,21H,2,6,9,12H2,1H3. The van der Waals surface area contributed by atoms with Crippen LogP contribution in [0.4, 0.5) is 5.13 Å². The fourth-order valence-corrected chi connectivity index (χ4v) is 3.48. The topological polar surface area (TPSA) is 74.7 Å². The highest BCUT2D eigenvalue weighted by Gasteiger charge is 2.09. The largest absolute Gasteiger partial charge is 0.361 e. The Bertz CT molecular complexity index is 957. The Morgan fingerprint density at radius 1 is 1.31 bits per heavy atom. The fraction of sp³-hybridized carbons (Fsp3) is 0.278. The molecule has 26 heavy (non-hydrogen) atoms. The van der Waals surface area contributed by atoms with Gasteiger partial charge in [-0.05, 0) is 42.1 Å². The van der Waals surface area contributed by atoms with Gasteiger partial charge in [-0.25, -0.2) is 4.98 Å². The minimum absolute atomic E-state index is 0.674. The maximum absolute atomic E-state index is 4.56. The normalized spacial score (nSPS) is 11.3. The van der Waals surface area contributed by atoms with Crippen molar-refractivity contribution in [3.05, 3.63) is 54.7 Å². The van der Waals surface area contributed by atoms with Crippen molar-refractivity contribution in [2.75, 3.05) is 25.0 Å². The molecule has 4 rings (SSSR count). The molecule has 0 atom stereocenters. The van der Waals surface area contributed by atoms with Crippen LogP contribution in [0.5, 0.6) is 0 Å². The van der Waals surface area contributed by atoms with Crippen molar-refractivity contribution in [3.8, 4) is 5.95 Å². The first-order valence-electron chi connectivity index (χ1n) is 8.59. The molecule has 3 aromatic heterocycles. The molecule has 0 saturated heterocycles. The van der Waals surface area contributed by atoms with Crippen LogP contribution in [-0.4, -0.2) is 44.0 Å². The number of fused-ring (bicyclic) bond motifs is 1. The lowest BCUT2D eigenvalue weighted by Crippen LogP contribution is -2.23. The Balaban J connectivity index is 1.22. The fourth-order valence-electron chi connectivity index (χ4n) is 2.83. The van der Waals surface area contributed by atoms with Crippen molar-refractivity contribution in [1.82, 2.24) is 29.2 Å². The molecule has 0 spiro atoms. The number of aromatic nitrogens is 5. The summed E-state index contributed by atoms with van der Waals surface area (Å²) in [7, 11) is 2.05. The molecule has 0 fully saturated rings. The van der Waals surface area contributed by atoms with Crippen LogP contribution < -0.4 is 10.2 Å². The van der Waals surface area contributed by atoms with Gasteiger partial charge in [0.15, 0.2) is 0 Å². The molecule has 3 heterocycles. The first kappa shape index (κ1) is 16.7.